The van der Waals surface area contributed by atoms with Crippen LogP contribution in [0.25, 0.3) is 0 Å². The lowest BCUT2D eigenvalue weighted by Gasteiger charge is -2.22. The van der Waals surface area contributed by atoms with E-state index in [1.54, 1.807) is 18.3 Å². The van der Waals surface area contributed by atoms with Gasteiger partial charge in [-0.2, -0.15) is 0 Å². The van der Waals surface area contributed by atoms with Gasteiger partial charge in [-0.15, -0.1) is 0 Å². The van der Waals surface area contributed by atoms with Crippen LogP contribution in [0.5, 0.6) is 0 Å². The zero-order valence-electron chi connectivity index (χ0n) is 11.3. The van der Waals surface area contributed by atoms with Crippen LogP contribution in [0.15, 0.2) is 0 Å². The van der Waals surface area contributed by atoms with E-state index in [4.69, 9.17) is 4.74 Å². The highest BCUT2D eigenvalue weighted by atomic mass is 32.2. The molecule has 6 heteroatoms. The van der Waals surface area contributed by atoms with E-state index in [-0.39, 0.29) is 5.25 Å². The highest BCUT2D eigenvalue weighted by molar-refractivity contribution is 7.89. The van der Waals surface area contributed by atoms with Gasteiger partial charge >= 0.3 is 0 Å². The fourth-order valence-electron chi connectivity index (χ4n) is 2.38. The minimum atomic E-state index is -3.14. The molecular weight excluding hydrogens is 252 g/mol. The molecule has 1 saturated carbocycles. The van der Waals surface area contributed by atoms with Crippen molar-refractivity contribution in [1.29, 1.82) is 0 Å². The van der Waals surface area contributed by atoms with E-state index >= 15 is 0 Å². The van der Waals surface area contributed by atoms with Crippen molar-refractivity contribution in [3.05, 3.63) is 0 Å². The van der Waals surface area contributed by atoms with Crippen molar-refractivity contribution in [3.8, 4) is 0 Å². The molecule has 0 aromatic heterocycles. The number of ether oxygens (including phenoxy) is 1. The number of rotatable bonds is 7. The van der Waals surface area contributed by atoms with Gasteiger partial charge in [0.05, 0.1) is 11.9 Å². The van der Waals surface area contributed by atoms with Crippen LogP contribution in [0, 0.1) is 5.92 Å². The predicted molar refractivity (Wildman–Crippen MR) is 71.0 cm³/mol. The summed E-state index contributed by atoms with van der Waals surface area (Å²) < 4.78 is 31.5. The van der Waals surface area contributed by atoms with Crippen LogP contribution >= 0.6 is 0 Å². The van der Waals surface area contributed by atoms with Gasteiger partial charge in [0.1, 0.15) is 0 Å². The summed E-state index contributed by atoms with van der Waals surface area (Å²) in [5.74, 6) is 0.355. The van der Waals surface area contributed by atoms with E-state index in [9.17, 15) is 8.42 Å². The Morgan fingerprint density at radius 1 is 1.39 bits per heavy atom. The van der Waals surface area contributed by atoms with Gasteiger partial charge in [0.15, 0.2) is 0 Å². The Bertz CT molecular complexity index is 368. The van der Waals surface area contributed by atoms with E-state index in [0.29, 0.717) is 38.2 Å². The standard InChI is InChI=1S/C12H24N2O3S/c1-10(7-13-12-3-4-12)18(15,16)14-6-5-11(8-14)9-17-2/h10-13H,3-9H2,1-2H3. The molecule has 1 aliphatic carbocycles. The largest absolute Gasteiger partial charge is 0.384 e. The van der Waals surface area contributed by atoms with Crippen molar-refractivity contribution in [1.82, 2.24) is 9.62 Å². The third-order valence-electron chi connectivity index (χ3n) is 3.79. The molecule has 1 aliphatic heterocycles. The lowest BCUT2D eigenvalue weighted by atomic mass is 10.1. The van der Waals surface area contributed by atoms with Crippen LogP contribution < -0.4 is 5.32 Å². The fourth-order valence-corrected chi connectivity index (χ4v) is 3.97. The van der Waals surface area contributed by atoms with Crippen molar-refractivity contribution in [3.63, 3.8) is 0 Å². The predicted octanol–water partition coefficient (Wildman–Crippen LogP) is 0.425. The van der Waals surface area contributed by atoms with Gasteiger partial charge in [-0.3, -0.25) is 0 Å². The molecule has 2 rings (SSSR count). The zero-order valence-corrected chi connectivity index (χ0v) is 12.1. The summed E-state index contributed by atoms with van der Waals surface area (Å²) in [7, 11) is -1.48. The summed E-state index contributed by atoms with van der Waals surface area (Å²) in [5, 5.41) is 2.96. The summed E-state index contributed by atoms with van der Waals surface area (Å²) in [6, 6.07) is 0.558. The van der Waals surface area contributed by atoms with Crippen LogP contribution in [0.1, 0.15) is 26.2 Å². The first-order valence-corrected chi connectivity index (χ1v) is 8.25. The number of nitrogens with zero attached hydrogens (tertiary/aromatic N) is 1. The van der Waals surface area contributed by atoms with Crippen molar-refractivity contribution < 1.29 is 13.2 Å². The molecular formula is C12H24N2O3S. The molecule has 2 unspecified atom stereocenters. The third kappa shape index (κ3) is 3.44. The molecule has 2 atom stereocenters. The highest BCUT2D eigenvalue weighted by Crippen LogP contribution is 2.23. The lowest BCUT2D eigenvalue weighted by molar-refractivity contribution is 0.157. The van der Waals surface area contributed by atoms with Crippen molar-refractivity contribution in [2.24, 2.45) is 5.92 Å². The molecule has 2 aliphatic rings. The maximum absolute atomic E-state index is 12.4. The summed E-state index contributed by atoms with van der Waals surface area (Å²) in [4.78, 5) is 0. The van der Waals surface area contributed by atoms with Crippen molar-refractivity contribution >= 4 is 10.0 Å². The topological polar surface area (TPSA) is 58.6 Å². The Kier molecular flexibility index (Phi) is 4.64. The molecule has 2 fully saturated rings. The Morgan fingerprint density at radius 2 is 2.11 bits per heavy atom. The molecule has 0 spiro atoms. The Hall–Kier alpha value is -0.170. The van der Waals surface area contributed by atoms with Gasteiger partial charge in [-0.25, -0.2) is 12.7 Å². The monoisotopic (exact) mass is 276 g/mol. The molecule has 0 bridgehead atoms. The first kappa shape index (κ1) is 14.2. The van der Waals surface area contributed by atoms with Crippen LogP contribution in [0.4, 0.5) is 0 Å². The van der Waals surface area contributed by atoms with E-state index in [2.05, 4.69) is 5.32 Å². The number of hydrogen-bond donors (Lipinski definition) is 1. The van der Waals surface area contributed by atoms with Gasteiger partial charge in [-0.1, -0.05) is 0 Å². The summed E-state index contributed by atoms with van der Waals surface area (Å²) in [6.07, 6.45) is 3.29. The fraction of sp³-hybridized carbons (Fsp3) is 1.00. The molecule has 0 aromatic rings. The van der Waals surface area contributed by atoms with E-state index in [0.717, 1.165) is 6.42 Å². The average molecular weight is 276 g/mol. The van der Waals surface area contributed by atoms with Crippen molar-refractivity contribution in [2.75, 3.05) is 33.4 Å². The van der Waals surface area contributed by atoms with Gasteiger partial charge in [-0.05, 0) is 32.1 Å². The van der Waals surface area contributed by atoms with Crippen LogP contribution in [-0.4, -0.2) is 57.4 Å². The smallest absolute Gasteiger partial charge is 0.217 e. The third-order valence-corrected chi connectivity index (χ3v) is 6.03. The van der Waals surface area contributed by atoms with E-state index < -0.39 is 10.0 Å². The molecule has 0 radical (unpaired) electrons. The van der Waals surface area contributed by atoms with Crippen LogP contribution in [0.3, 0.4) is 0 Å². The normalized spacial score (nSPS) is 27.6. The van der Waals surface area contributed by atoms with Crippen LogP contribution in [0.2, 0.25) is 0 Å². The minimum absolute atomic E-state index is 0.334. The van der Waals surface area contributed by atoms with Crippen molar-refractivity contribution in [2.45, 2.75) is 37.5 Å². The van der Waals surface area contributed by atoms with E-state index in [1.807, 2.05) is 0 Å². The van der Waals surface area contributed by atoms with Gasteiger partial charge in [0.25, 0.3) is 0 Å². The SMILES string of the molecule is COCC1CCN(S(=O)(=O)C(C)CNC2CC2)C1. The molecule has 1 heterocycles. The van der Waals surface area contributed by atoms with Gasteiger partial charge in [0.2, 0.25) is 10.0 Å². The van der Waals surface area contributed by atoms with Gasteiger partial charge < -0.3 is 10.1 Å². The Balaban J connectivity index is 1.85. The molecule has 1 N–H and O–H groups in total. The zero-order chi connectivity index (χ0) is 13.2. The maximum atomic E-state index is 12.4. The molecule has 0 aromatic carbocycles. The molecule has 18 heavy (non-hydrogen) atoms. The van der Waals surface area contributed by atoms with Gasteiger partial charge in [0, 0.05) is 32.8 Å². The number of nitrogens with one attached hydrogen (secondary N) is 1. The average Bonchev–Trinajstić information content (AvgIpc) is 3.04. The second-order valence-electron chi connectivity index (χ2n) is 5.51. The molecule has 0 amide bonds. The second kappa shape index (κ2) is 5.86. The quantitative estimate of drug-likeness (QED) is 0.732. The van der Waals surface area contributed by atoms with E-state index in [1.165, 1.54) is 12.8 Å². The highest BCUT2D eigenvalue weighted by Gasteiger charge is 2.35. The first-order chi connectivity index (χ1) is 8.54. The summed E-state index contributed by atoms with van der Waals surface area (Å²) >= 11 is 0. The number of methoxy groups -OCH3 is 1. The summed E-state index contributed by atoms with van der Waals surface area (Å²) in [5.41, 5.74) is 0. The molecule has 5 nitrogen and oxygen atoms in total. The Morgan fingerprint density at radius 3 is 2.72 bits per heavy atom. The minimum Gasteiger partial charge on any atom is -0.384 e. The first-order valence-electron chi connectivity index (χ1n) is 6.75. The maximum Gasteiger partial charge on any atom is 0.217 e. The number of hydrogen-bond acceptors (Lipinski definition) is 4. The molecule has 106 valence electrons. The second-order valence-corrected chi connectivity index (χ2v) is 7.86. The number of sulfonamides is 1. The van der Waals surface area contributed by atoms with Crippen LogP contribution in [-0.2, 0) is 14.8 Å². The lowest BCUT2D eigenvalue weighted by Crippen LogP contribution is -2.41. The molecule has 1 saturated heterocycles. The Labute approximate surface area is 110 Å². The summed E-state index contributed by atoms with van der Waals surface area (Å²) in [6.45, 7) is 4.28.